The molecular formula is C11H18N4. The van der Waals surface area contributed by atoms with Crippen LogP contribution in [0.4, 0.5) is 5.82 Å². The molecule has 1 aliphatic heterocycles. The molecule has 0 spiro atoms. The highest BCUT2D eigenvalue weighted by Gasteiger charge is 2.23. The molecule has 4 nitrogen and oxygen atoms in total. The van der Waals surface area contributed by atoms with E-state index in [1.54, 1.807) is 6.33 Å². The van der Waals surface area contributed by atoms with E-state index < -0.39 is 0 Å². The number of anilines is 1. The third-order valence-electron chi connectivity index (χ3n) is 3.23. The Morgan fingerprint density at radius 1 is 1.47 bits per heavy atom. The Labute approximate surface area is 90.5 Å². The third-order valence-corrected chi connectivity index (χ3v) is 3.23. The average Bonchev–Trinajstić information content (AvgIpc) is 2.70. The molecule has 0 radical (unpaired) electrons. The minimum Gasteiger partial charge on any atom is -0.356 e. The van der Waals surface area contributed by atoms with Crippen LogP contribution in [0.2, 0.25) is 0 Å². The topological polar surface area (TPSA) is 55.0 Å². The zero-order chi connectivity index (χ0) is 10.8. The van der Waals surface area contributed by atoms with E-state index in [9.17, 15) is 0 Å². The van der Waals surface area contributed by atoms with Crippen LogP contribution >= 0.6 is 0 Å². The summed E-state index contributed by atoms with van der Waals surface area (Å²) in [5, 5.41) is 0. The standard InChI is InChI=1S/C11H18N4/c1-8-9(2)13-7-14-11(8)15-4-3-10(5-12)6-15/h7,10H,3-6,12H2,1-2H3. The fourth-order valence-electron chi connectivity index (χ4n) is 2.06. The normalized spacial score (nSPS) is 21.0. The summed E-state index contributed by atoms with van der Waals surface area (Å²) < 4.78 is 0. The highest BCUT2D eigenvalue weighted by atomic mass is 15.2. The Hall–Kier alpha value is -1.16. The van der Waals surface area contributed by atoms with Crippen molar-refractivity contribution in [3.05, 3.63) is 17.6 Å². The van der Waals surface area contributed by atoms with Crippen molar-refractivity contribution in [2.24, 2.45) is 11.7 Å². The van der Waals surface area contributed by atoms with Gasteiger partial charge in [0, 0.05) is 24.3 Å². The Morgan fingerprint density at radius 3 is 2.93 bits per heavy atom. The van der Waals surface area contributed by atoms with E-state index in [4.69, 9.17) is 5.73 Å². The van der Waals surface area contributed by atoms with Crippen LogP contribution in [0.3, 0.4) is 0 Å². The molecule has 1 aromatic heterocycles. The second-order valence-corrected chi connectivity index (χ2v) is 4.24. The van der Waals surface area contributed by atoms with Gasteiger partial charge in [0.05, 0.1) is 0 Å². The van der Waals surface area contributed by atoms with E-state index in [2.05, 4.69) is 21.8 Å². The molecule has 1 atom stereocenters. The Morgan fingerprint density at radius 2 is 2.27 bits per heavy atom. The Balaban J connectivity index is 2.20. The van der Waals surface area contributed by atoms with E-state index in [-0.39, 0.29) is 0 Å². The molecule has 4 heteroatoms. The number of hydrogen-bond donors (Lipinski definition) is 1. The lowest BCUT2D eigenvalue weighted by Crippen LogP contribution is -2.24. The third kappa shape index (κ3) is 1.95. The van der Waals surface area contributed by atoms with Gasteiger partial charge >= 0.3 is 0 Å². The monoisotopic (exact) mass is 206 g/mol. The van der Waals surface area contributed by atoms with Crippen LogP contribution < -0.4 is 10.6 Å². The molecule has 0 saturated carbocycles. The van der Waals surface area contributed by atoms with Crippen molar-refractivity contribution >= 4 is 5.82 Å². The van der Waals surface area contributed by atoms with Crippen molar-refractivity contribution in [2.75, 3.05) is 24.5 Å². The number of aryl methyl sites for hydroxylation is 1. The van der Waals surface area contributed by atoms with E-state index in [0.29, 0.717) is 5.92 Å². The lowest BCUT2D eigenvalue weighted by atomic mass is 10.1. The van der Waals surface area contributed by atoms with E-state index in [1.165, 1.54) is 12.0 Å². The predicted molar refractivity (Wildman–Crippen MR) is 60.9 cm³/mol. The van der Waals surface area contributed by atoms with Crippen LogP contribution in [-0.4, -0.2) is 29.6 Å². The number of nitrogens with two attached hydrogens (primary N) is 1. The first-order valence-corrected chi connectivity index (χ1v) is 5.45. The zero-order valence-electron chi connectivity index (χ0n) is 9.40. The minimum atomic E-state index is 0.625. The number of rotatable bonds is 2. The van der Waals surface area contributed by atoms with Gasteiger partial charge in [-0.15, -0.1) is 0 Å². The molecule has 1 fully saturated rings. The summed E-state index contributed by atoms with van der Waals surface area (Å²) in [6.45, 7) is 6.99. The van der Waals surface area contributed by atoms with Crippen LogP contribution in [0, 0.1) is 19.8 Å². The summed E-state index contributed by atoms with van der Waals surface area (Å²) in [7, 11) is 0. The smallest absolute Gasteiger partial charge is 0.135 e. The predicted octanol–water partition coefficient (Wildman–Crippen LogP) is 0.878. The van der Waals surface area contributed by atoms with Crippen molar-refractivity contribution in [3.63, 3.8) is 0 Å². The van der Waals surface area contributed by atoms with Gasteiger partial charge in [-0.05, 0) is 32.7 Å². The molecule has 1 aliphatic rings. The van der Waals surface area contributed by atoms with Gasteiger partial charge in [-0.3, -0.25) is 0 Å². The number of nitrogens with zero attached hydrogens (tertiary/aromatic N) is 3. The van der Waals surface area contributed by atoms with Crippen molar-refractivity contribution < 1.29 is 0 Å². The molecule has 82 valence electrons. The molecule has 2 heterocycles. The highest BCUT2D eigenvalue weighted by Crippen LogP contribution is 2.24. The molecule has 0 bridgehead atoms. The van der Waals surface area contributed by atoms with Gasteiger partial charge in [0.1, 0.15) is 12.1 Å². The fourth-order valence-corrected chi connectivity index (χ4v) is 2.06. The van der Waals surface area contributed by atoms with E-state index >= 15 is 0 Å². The van der Waals surface area contributed by atoms with Crippen molar-refractivity contribution in [1.29, 1.82) is 0 Å². The first-order valence-electron chi connectivity index (χ1n) is 5.45. The first-order chi connectivity index (χ1) is 7.22. The molecule has 2 rings (SSSR count). The van der Waals surface area contributed by atoms with Gasteiger partial charge in [0.15, 0.2) is 0 Å². The molecule has 0 aromatic carbocycles. The molecule has 0 aliphatic carbocycles. The maximum absolute atomic E-state index is 5.68. The summed E-state index contributed by atoms with van der Waals surface area (Å²) >= 11 is 0. The van der Waals surface area contributed by atoms with Crippen molar-refractivity contribution in [1.82, 2.24) is 9.97 Å². The van der Waals surface area contributed by atoms with Gasteiger partial charge in [-0.25, -0.2) is 9.97 Å². The van der Waals surface area contributed by atoms with Crippen molar-refractivity contribution in [3.8, 4) is 0 Å². The Kier molecular flexibility index (Phi) is 2.86. The Bertz CT molecular complexity index is 350. The van der Waals surface area contributed by atoms with Crippen LogP contribution in [0.15, 0.2) is 6.33 Å². The SMILES string of the molecule is Cc1ncnc(N2CCC(CN)C2)c1C. The summed E-state index contributed by atoms with van der Waals surface area (Å²) in [6, 6.07) is 0. The van der Waals surface area contributed by atoms with Crippen molar-refractivity contribution in [2.45, 2.75) is 20.3 Å². The molecule has 1 saturated heterocycles. The molecule has 2 N–H and O–H groups in total. The second-order valence-electron chi connectivity index (χ2n) is 4.24. The average molecular weight is 206 g/mol. The maximum atomic E-state index is 5.68. The minimum absolute atomic E-state index is 0.625. The van der Waals surface area contributed by atoms with E-state index in [0.717, 1.165) is 31.1 Å². The van der Waals surface area contributed by atoms with Crippen LogP contribution in [-0.2, 0) is 0 Å². The summed E-state index contributed by atoms with van der Waals surface area (Å²) in [5.74, 6) is 1.71. The highest BCUT2D eigenvalue weighted by molar-refractivity contribution is 5.48. The van der Waals surface area contributed by atoms with Gasteiger partial charge in [0.2, 0.25) is 0 Å². The lowest BCUT2D eigenvalue weighted by molar-refractivity contribution is 0.602. The van der Waals surface area contributed by atoms with Gasteiger partial charge in [-0.2, -0.15) is 0 Å². The number of hydrogen-bond acceptors (Lipinski definition) is 4. The fraction of sp³-hybridized carbons (Fsp3) is 0.636. The largest absolute Gasteiger partial charge is 0.356 e. The van der Waals surface area contributed by atoms with E-state index in [1.807, 2.05) is 6.92 Å². The molecule has 0 amide bonds. The quantitative estimate of drug-likeness (QED) is 0.780. The number of aromatic nitrogens is 2. The lowest BCUT2D eigenvalue weighted by Gasteiger charge is -2.19. The van der Waals surface area contributed by atoms with Crippen LogP contribution in [0.1, 0.15) is 17.7 Å². The summed E-state index contributed by atoms with van der Waals surface area (Å²) in [5.41, 5.74) is 7.94. The van der Waals surface area contributed by atoms with Crippen LogP contribution in [0.25, 0.3) is 0 Å². The van der Waals surface area contributed by atoms with Crippen LogP contribution in [0.5, 0.6) is 0 Å². The molecule has 15 heavy (non-hydrogen) atoms. The first kappa shape index (κ1) is 10.4. The summed E-state index contributed by atoms with van der Waals surface area (Å²) in [6.07, 6.45) is 2.83. The molecule has 1 unspecified atom stereocenters. The van der Waals surface area contributed by atoms with Gasteiger partial charge in [0.25, 0.3) is 0 Å². The summed E-state index contributed by atoms with van der Waals surface area (Å²) in [4.78, 5) is 10.9. The second kappa shape index (κ2) is 4.14. The molecule has 1 aromatic rings. The zero-order valence-corrected chi connectivity index (χ0v) is 9.40. The molecular weight excluding hydrogens is 188 g/mol. The van der Waals surface area contributed by atoms with Gasteiger partial charge in [-0.1, -0.05) is 0 Å². The van der Waals surface area contributed by atoms with Gasteiger partial charge < -0.3 is 10.6 Å². The maximum Gasteiger partial charge on any atom is 0.135 e.